The highest BCUT2D eigenvalue weighted by Gasteiger charge is 2.23. The number of sulfonamides is 1. The van der Waals surface area contributed by atoms with Crippen molar-refractivity contribution in [1.29, 1.82) is 0 Å². The first kappa shape index (κ1) is 21.3. The first-order valence-corrected chi connectivity index (χ1v) is 10.6. The molecule has 0 aliphatic heterocycles. The van der Waals surface area contributed by atoms with Crippen LogP contribution in [-0.4, -0.2) is 34.2 Å². The summed E-state index contributed by atoms with van der Waals surface area (Å²) < 4.78 is 30.6. The van der Waals surface area contributed by atoms with Crippen LogP contribution in [-0.2, 0) is 14.8 Å². The van der Waals surface area contributed by atoms with Crippen LogP contribution in [0.1, 0.15) is 18.5 Å². The molecule has 1 N–H and O–H groups in total. The molecule has 0 saturated carbocycles. The van der Waals surface area contributed by atoms with E-state index in [0.29, 0.717) is 10.8 Å². The molecular formula is C18H20Cl2N2O4S. The Bertz CT molecular complexity index is 935. The van der Waals surface area contributed by atoms with Crippen molar-refractivity contribution in [3.8, 4) is 5.75 Å². The molecular weight excluding hydrogens is 411 g/mol. The molecule has 2 rings (SSSR count). The molecule has 0 bridgehead atoms. The SMILES string of the molecule is COc1ccccc1C(C)NC(=O)CN(c1ccc(Cl)c(Cl)c1)S(C)(=O)=O. The van der Waals surface area contributed by atoms with Gasteiger partial charge >= 0.3 is 0 Å². The molecule has 1 amide bonds. The lowest BCUT2D eigenvalue weighted by molar-refractivity contribution is -0.120. The number of anilines is 1. The maximum absolute atomic E-state index is 12.5. The molecule has 146 valence electrons. The van der Waals surface area contributed by atoms with E-state index in [4.69, 9.17) is 27.9 Å². The van der Waals surface area contributed by atoms with Crippen LogP contribution in [0.25, 0.3) is 0 Å². The summed E-state index contributed by atoms with van der Waals surface area (Å²) in [4.78, 5) is 12.5. The molecule has 2 aromatic rings. The fourth-order valence-electron chi connectivity index (χ4n) is 2.56. The molecule has 2 aromatic carbocycles. The molecule has 0 aliphatic carbocycles. The van der Waals surface area contributed by atoms with Crippen molar-refractivity contribution in [3.05, 3.63) is 58.1 Å². The van der Waals surface area contributed by atoms with E-state index in [1.54, 1.807) is 20.1 Å². The zero-order valence-electron chi connectivity index (χ0n) is 15.1. The van der Waals surface area contributed by atoms with Gasteiger partial charge < -0.3 is 10.1 Å². The Morgan fingerprint density at radius 1 is 1.19 bits per heavy atom. The number of nitrogens with zero attached hydrogens (tertiary/aromatic N) is 1. The number of amides is 1. The number of methoxy groups -OCH3 is 1. The van der Waals surface area contributed by atoms with Crippen LogP contribution in [0, 0.1) is 0 Å². The fourth-order valence-corrected chi connectivity index (χ4v) is 3.70. The predicted molar refractivity (Wildman–Crippen MR) is 108 cm³/mol. The molecule has 9 heteroatoms. The summed E-state index contributed by atoms with van der Waals surface area (Å²) >= 11 is 11.9. The first-order chi connectivity index (χ1) is 12.6. The van der Waals surface area contributed by atoms with Gasteiger partial charge in [-0.3, -0.25) is 9.10 Å². The van der Waals surface area contributed by atoms with Gasteiger partial charge in [-0.05, 0) is 31.2 Å². The molecule has 1 unspecified atom stereocenters. The third kappa shape index (κ3) is 5.51. The number of para-hydroxylation sites is 1. The molecule has 0 aromatic heterocycles. The van der Waals surface area contributed by atoms with Crippen LogP contribution in [0.5, 0.6) is 5.75 Å². The van der Waals surface area contributed by atoms with Crippen molar-refractivity contribution in [3.63, 3.8) is 0 Å². The Hall–Kier alpha value is -1.96. The molecule has 0 spiro atoms. The van der Waals surface area contributed by atoms with Gasteiger partial charge in [0, 0.05) is 5.56 Å². The maximum atomic E-state index is 12.5. The lowest BCUT2D eigenvalue weighted by Gasteiger charge is -2.24. The summed E-state index contributed by atoms with van der Waals surface area (Å²) in [7, 11) is -2.17. The number of carbonyl (C=O) groups excluding carboxylic acids is 1. The van der Waals surface area contributed by atoms with Crippen molar-refractivity contribution >= 4 is 44.8 Å². The Morgan fingerprint density at radius 3 is 2.44 bits per heavy atom. The number of ether oxygens (including phenoxy) is 1. The fraction of sp³-hybridized carbons (Fsp3) is 0.278. The van der Waals surface area contributed by atoms with E-state index in [9.17, 15) is 13.2 Å². The molecule has 0 radical (unpaired) electrons. The number of halogens is 2. The topological polar surface area (TPSA) is 75.7 Å². The molecule has 0 saturated heterocycles. The number of hydrogen-bond acceptors (Lipinski definition) is 4. The maximum Gasteiger partial charge on any atom is 0.241 e. The van der Waals surface area contributed by atoms with Crippen molar-refractivity contribution in [2.75, 3.05) is 24.2 Å². The number of nitrogens with one attached hydrogen (secondary N) is 1. The minimum atomic E-state index is -3.71. The first-order valence-electron chi connectivity index (χ1n) is 7.98. The van der Waals surface area contributed by atoms with E-state index >= 15 is 0 Å². The predicted octanol–water partition coefficient (Wildman–Crippen LogP) is 3.65. The lowest BCUT2D eigenvalue weighted by Crippen LogP contribution is -2.41. The second kappa shape index (κ2) is 8.82. The Kier molecular flexibility index (Phi) is 6.97. The minimum Gasteiger partial charge on any atom is -0.496 e. The van der Waals surface area contributed by atoms with Gasteiger partial charge in [0.15, 0.2) is 0 Å². The Labute approximate surface area is 169 Å². The molecule has 27 heavy (non-hydrogen) atoms. The van der Waals surface area contributed by atoms with Gasteiger partial charge in [0.1, 0.15) is 12.3 Å². The van der Waals surface area contributed by atoms with Gasteiger partial charge in [-0.25, -0.2) is 8.42 Å². The van der Waals surface area contributed by atoms with E-state index in [-0.39, 0.29) is 16.8 Å². The van der Waals surface area contributed by atoms with E-state index in [1.165, 1.54) is 18.2 Å². The van der Waals surface area contributed by atoms with Gasteiger partial charge in [-0.2, -0.15) is 0 Å². The highest BCUT2D eigenvalue weighted by Crippen LogP contribution is 2.28. The molecule has 0 fully saturated rings. The monoisotopic (exact) mass is 430 g/mol. The van der Waals surface area contributed by atoms with Crippen LogP contribution in [0.4, 0.5) is 5.69 Å². The third-order valence-corrected chi connectivity index (χ3v) is 5.74. The number of benzene rings is 2. The van der Waals surface area contributed by atoms with E-state index in [0.717, 1.165) is 16.1 Å². The van der Waals surface area contributed by atoms with Crippen molar-refractivity contribution in [2.24, 2.45) is 0 Å². The van der Waals surface area contributed by atoms with Gasteiger partial charge in [-0.1, -0.05) is 41.4 Å². The summed E-state index contributed by atoms with van der Waals surface area (Å²) in [6.07, 6.45) is 1.02. The number of hydrogen-bond donors (Lipinski definition) is 1. The molecule has 1 atom stereocenters. The number of carbonyl (C=O) groups is 1. The van der Waals surface area contributed by atoms with Crippen LogP contribution in [0.3, 0.4) is 0 Å². The van der Waals surface area contributed by atoms with Crippen LogP contribution in [0.15, 0.2) is 42.5 Å². The van der Waals surface area contributed by atoms with E-state index in [1.807, 2.05) is 18.2 Å². The lowest BCUT2D eigenvalue weighted by atomic mass is 10.1. The second-order valence-electron chi connectivity index (χ2n) is 5.90. The van der Waals surface area contributed by atoms with Gasteiger partial charge in [-0.15, -0.1) is 0 Å². The smallest absolute Gasteiger partial charge is 0.241 e. The normalized spacial score (nSPS) is 12.3. The highest BCUT2D eigenvalue weighted by molar-refractivity contribution is 7.92. The highest BCUT2D eigenvalue weighted by atomic mass is 35.5. The zero-order chi connectivity index (χ0) is 20.2. The second-order valence-corrected chi connectivity index (χ2v) is 8.62. The van der Waals surface area contributed by atoms with Crippen molar-refractivity contribution in [2.45, 2.75) is 13.0 Å². The van der Waals surface area contributed by atoms with E-state index < -0.39 is 22.5 Å². The van der Waals surface area contributed by atoms with Gasteiger partial charge in [0.25, 0.3) is 0 Å². The number of rotatable bonds is 7. The average molecular weight is 431 g/mol. The Morgan fingerprint density at radius 2 is 1.85 bits per heavy atom. The molecule has 0 aliphatic rings. The van der Waals surface area contributed by atoms with Crippen LogP contribution < -0.4 is 14.4 Å². The largest absolute Gasteiger partial charge is 0.496 e. The summed E-state index contributed by atoms with van der Waals surface area (Å²) in [5.41, 5.74) is 1.04. The summed E-state index contributed by atoms with van der Waals surface area (Å²) in [6, 6.07) is 11.3. The quantitative estimate of drug-likeness (QED) is 0.726. The molecule has 6 nitrogen and oxygen atoms in total. The van der Waals surface area contributed by atoms with E-state index in [2.05, 4.69) is 5.32 Å². The summed E-state index contributed by atoms with van der Waals surface area (Å²) in [5, 5.41) is 3.28. The standard InChI is InChI=1S/C18H20Cl2N2O4S/c1-12(14-6-4-5-7-17(14)26-2)21-18(23)11-22(27(3,24)25)13-8-9-15(19)16(20)10-13/h4-10,12H,11H2,1-3H3,(H,21,23). The molecule has 0 heterocycles. The van der Waals surface area contributed by atoms with Crippen LogP contribution >= 0.6 is 23.2 Å². The van der Waals surface area contributed by atoms with Gasteiger partial charge in [0.2, 0.25) is 15.9 Å². The zero-order valence-corrected chi connectivity index (χ0v) is 17.4. The van der Waals surface area contributed by atoms with Crippen molar-refractivity contribution < 1.29 is 17.9 Å². The summed E-state index contributed by atoms with van der Waals surface area (Å²) in [6.45, 7) is 1.40. The average Bonchev–Trinajstić information content (AvgIpc) is 2.61. The Balaban J connectivity index is 2.20. The van der Waals surface area contributed by atoms with Crippen LogP contribution in [0.2, 0.25) is 10.0 Å². The minimum absolute atomic E-state index is 0.200. The summed E-state index contributed by atoms with van der Waals surface area (Å²) in [5.74, 6) is 0.166. The van der Waals surface area contributed by atoms with Gasteiger partial charge in [0.05, 0.1) is 35.1 Å². The third-order valence-electron chi connectivity index (χ3n) is 3.86. The van der Waals surface area contributed by atoms with Crippen molar-refractivity contribution in [1.82, 2.24) is 5.32 Å².